The molecule has 3 aliphatic rings. The lowest BCUT2D eigenvalue weighted by molar-refractivity contribution is -0.159. The Bertz CT molecular complexity index is 1120. The molecule has 3 saturated heterocycles. The Kier molecular flexibility index (Phi) is 6.81. The largest absolute Gasteiger partial charge is 0.493 e. The van der Waals surface area contributed by atoms with Gasteiger partial charge in [0.1, 0.15) is 11.9 Å². The summed E-state index contributed by atoms with van der Waals surface area (Å²) in [5.41, 5.74) is 0.460. The second-order valence-corrected chi connectivity index (χ2v) is 11.0. The minimum absolute atomic E-state index is 0.0128. The van der Waals surface area contributed by atoms with Crippen LogP contribution in [0.2, 0.25) is 0 Å². The van der Waals surface area contributed by atoms with Crippen LogP contribution in [0.5, 0.6) is 11.5 Å². The number of hydrogen-bond acceptors (Lipinski definition) is 8. The molecule has 1 N–H and O–H groups in total. The Morgan fingerprint density at radius 2 is 1.95 bits per heavy atom. The van der Waals surface area contributed by atoms with Gasteiger partial charge in [0, 0.05) is 30.6 Å². The average Bonchev–Trinajstić information content (AvgIpc) is 3.41. The quantitative estimate of drug-likeness (QED) is 0.607. The highest BCUT2D eigenvalue weighted by molar-refractivity contribution is 5.82. The normalized spacial score (nSPS) is 28.2. The molecular weight excluding hydrogens is 474 g/mol. The van der Waals surface area contributed by atoms with Crippen LogP contribution in [0, 0.1) is 5.41 Å². The summed E-state index contributed by atoms with van der Waals surface area (Å²) in [4.78, 5) is 21.7. The van der Waals surface area contributed by atoms with Crippen LogP contribution in [-0.4, -0.2) is 84.9 Å². The zero-order valence-corrected chi connectivity index (χ0v) is 22.2. The van der Waals surface area contributed by atoms with E-state index in [0.29, 0.717) is 24.6 Å². The number of nitrogens with zero attached hydrogens (tertiary/aromatic N) is 3. The second kappa shape index (κ2) is 9.78. The summed E-state index contributed by atoms with van der Waals surface area (Å²) in [6.07, 6.45) is 0.538. The van der Waals surface area contributed by atoms with Gasteiger partial charge in [-0.25, -0.2) is 4.98 Å². The number of amides is 1. The van der Waals surface area contributed by atoms with E-state index in [0.717, 1.165) is 24.5 Å². The summed E-state index contributed by atoms with van der Waals surface area (Å²) in [5.74, 6) is 1.29. The average molecular weight is 512 g/mol. The molecule has 0 aliphatic carbocycles. The lowest BCUT2D eigenvalue weighted by atomic mass is 9.72. The first kappa shape index (κ1) is 25.8. The molecule has 9 heteroatoms. The Balaban J connectivity index is 1.33. The highest BCUT2D eigenvalue weighted by Gasteiger charge is 2.50. The molecule has 1 aromatic heterocycles. The van der Waals surface area contributed by atoms with E-state index in [-0.39, 0.29) is 24.5 Å². The summed E-state index contributed by atoms with van der Waals surface area (Å²) in [6.45, 7) is 10.1. The second-order valence-electron chi connectivity index (χ2n) is 11.0. The molecule has 0 radical (unpaired) electrons. The number of ether oxygens (including phenoxy) is 4. The van der Waals surface area contributed by atoms with Crippen molar-refractivity contribution in [3.8, 4) is 11.5 Å². The molecule has 2 aromatic rings. The zero-order chi connectivity index (χ0) is 26.4. The van der Waals surface area contributed by atoms with Crippen molar-refractivity contribution >= 4 is 11.7 Å². The summed E-state index contributed by atoms with van der Waals surface area (Å²) in [7, 11) is 1.63. The fourth-order valence-corrected chi connectivity index (χ4v) is 5.53. The SMILES string of the molecule is COc1ccc([C@@H]2CN(C(=O)[C@@H]3COC(C)(C)O3)C[C@@]2(C)C(C)O)cc1OC1CN(c2ccccn2)C1. The molecule has 4 atom stereocenters. The van der Waals surface area contributed by atoms with Crippen molar-refractivity contribution in [2.24, 2.45) is 5.41 Å². The Hall–Kier alpha value is -2.88. The third kappa shape index (κ3) is 5.00. The molecule has 1 aromatic carbocycles. The molecule has 5 rings (SSSR count). The lowest BCUT2D eigenvalue weighted by Crippen LogP contribution is -2.54. The van der Waals surface area contributed by atoms with Crippen LogP contribution in [0.15, 0.2) is 42.6 Å². The van der Waals surface area contributed by atoms with Gasteiger partial charge in [-0.2, -0.15) is 0 Å². The number of rotatable bonds is 7. The first-order chi connectivity index (χ1) is 17.6. The first-order valence-electron chi connectivity index (χ1n) is 12.9. The smallest absolute Gasteiger partial charge is 0.254 e. The Labute approximate surface area is 218 Å². The molecule has 0 spiro atoms. The van der Waals surface area contributed by atoms with Gasteiger partial charge in [-0.05, 0) is 50.6 Å². The fourth-order valence-electron chi connectivity index (χ4n) is 5.53. The summed E-state index contributed by atoms with van der Waals surface area (Å²) < 4.78 is 23.4. The van der Waals surface area contributed by atoms with Gasteiger partial charge in [0.15, 0.2) is 23.4 Å². The van der Waals surface area contributed by atoms with Crippen molar-refractivity contribution in [3.05, 3.63) is 48.2 Å². The van der Waals surface area contributed by atoms with Gasteiger partial charge in [0.25, 0.3) is 5.91 Å². The van der Waals surface area contributed by atoms with Crippen molar-refractivity contribution < 1.29 is 28.8 Å². The number of pyridine rings is 1. The van der Waals surface area contributed by atoms with Gasteiger partial charge in [-0.3, -0.25) is 4.79 Å². The maximum atomic E-state index is 13.3. The van der Waals surface area contributed by atoms with Crippen molar-refractivity contribution in [2.75, 3.05) is 44.8 Å². The van der Waals surface area contributed by atoms with Crippen molar-refractivity contribution in [2.45, 2.75) is 57.7 Å². The monoisotopic (exact) mass is 511 g/mol. The van der Waals surface area contributed by atoms with Crippen molar-refractivity contribution in [1.29, 1.82) is 0 Å². The number of hydrogen-bond donors (Lipinski definition) is 1. The van der Waals surface area contributed by atoms with Gasteiger partial charge in [-0.15, -0.1) is 0 Å². The van der Waals surface area contributed by atoms with Gasteiger partial charge in [-0.1, -0.05) is 19.1 Å². The summed E-state index contributed by atoms with van der Waals surface area (Å²) in [6, 6.07) is 11.8. The third-order valence-electron chi connectivity index (χ3n) is 7.99. The molecule has 0 saturated carbocycles. The number of aliphatic hydroxyl groups excluding tert-OH is 1. The van der Waals surface area contributed by atoms with E-state index in [1.807, 2.05) is 57.2 Å². The van der Waals surface area contributed by atoms with Crippen LogP contribution in [-0.2, 0) is 14.3 Å². The number of methoxy groups -OCH3 is 1. The fraction of sp³-hybridized carbons (Fsp3) is 0.571. The van der Waals surface area contributed by atoms with Crippen LogP contribution in [0.4, 0.5) is 5.82 Å². The molecule has 200 valence electrons. The van der Waals surface area contributed by atoms with Gasteiger partial charge >= 0.3 is 0 Å². The van der Waals surface area contributed by atoms with E-state index < -0.39 is 23.4 Å². The third-order valence-corrected chi connectivity index (χ3v) is 7.99. The van der Waals surface area contributed by atoms with Gasteiger partial charge in [0.05, 0.1) is 32.9 Å². The number of carbonyl (C=O) groups excluding carboxylic acids is 1. The van der Waals surface area contributed by atoms with Crippen LogP contribution in [0.25, 0.3) is 0 Å². The molecule has 37 heavy (non-hydrogen) atoms. The Morgan fingerprint density at radius 3 is 2.57 bits per heavy atom. The predicted octanol–water partition coefficient (Wildman–Crippen LogP) is 2.82. The Morgan fingerprint density at radius 1 is 1.16 bits per heavy atom. The summed E-state index contributed by atoms with van der Waals surface area (Å²) in [5, 5.41) is 10.8. The van der Waals surface area contributed by atoms with E-state index in [4.69, 9.17) is 18.9 Å². The first-order valence-corrected chi connectivity index (χ1v) is 12.9. The van der Waals surface area contributed by atoms with Gasteiger partial charge < -0.3 is 33.9 Å². The van der Waals surface area contributed by atoms with E-state index in [2.05, 4.69) is 9.88 Å². The molecule has 9 nitrogen and oxygen atoms in total. The van der Waals surface area contributed by atoms with Crippen LogP contribution < -0.4 is 14.4 Å². The number of aliphatic hydroxyl groups is 1. The zero-order valence-electron chi connectivity index (χ0n) is 22.2. The molecular formula is C28H37N3O6. The van der Waals surface area contributed by atoms with E-state index in [9.17, 15) is 9.90 Å². The van der Waals surface area contributed by atoms with Crippen LogP contribution >= 0.6 is 0 Å². The van der Waals surface area contributed by atoms with E-state index in [1.165, 1.54) is 0 Å². The summed E-state index contributed by atoms with van der Waals surface area (Å²) >= 11 is 0. The topological polar surface area (TPSA) is 93.6 Å². The molecule has 1 amide bonds. The van der Waals surface area contributed by atoms with E-state index >= 15 is 0 Å². The predicted molar refractivity (Wildman–Crippen MR) is 138 cm³/mol. The number of anilines is 1. The minimum atomic E-state index is -0.775. The van der Waals surface area contributed by atoms with Crippen LogP contribution in [0.1, 0.15) is 39.2 Å². The lowest BCUT2D eigenvalue weighted by Gasteiger charge is -2.40. The minimum Gasteiger partial charge on any atom is -0.493 e. The molecule has 4 heterocycles. The maximum absolute atomic E-state index is 13.3. The number of aromatic nitrogens is 1. The van der Waals surface area contributed by atoms with Gasteiger partial charge in [0.2, 0.25) is 0 Å². The molecule has 3 fully saturated rings. The highest BCUT2D eigenvalue weighted by atomic mass is 16.7. The number of carbonyl (C=O) groups is 1. The van der Waals surface area contributed by atoms with Crippen molar-refractivity contribution in [3.63, 3.8) is 0 Å². The van der Waals surface area contributed by atoms with Crippen molar-refractivity contribution in [1.82, 2.24) is 9.88 Å². The standard InChI is InChI=1S/C28H37N3O6/c1-18(32)28(4)17-31(26(33)24-16-35-27(2,3)37-24)15-21(28)19-9-10-22(34-5)23(12-19)36-20-13-30(14-20)25-8-6-7-11-29-25/h6-12,18,20-21,24,32H,13-17H2,1-5H3/t18?,21-,24-,28-/m0/s1. The highest BCUT2D eigenvalue weighted by Crippen LogP contribution is 2.47. The number of benzene rings is 1. The number of likely N-dealkylation sites (tertiary alicyclic amines) is 1. The maximum Gasteiger partial charge on any atom is 0.254 e. The molecule has 0 bridgehead atoms. The van der Waals surface area contributed by atoms with E-state index in [1.54, 1.807) is 25.1 Å². The molecule has 1 unspecified atom stereocenters. The van der Waals surface area contributed by atoms with Crippen LogP contribution in [0.3, 0.4) is 0 Å². The molecule has 3 aliphatic heterocycles.